The van der Waals surface area contributed by atoms with Crippen molar-refractivity contribution in [1.29, 1.82) is 0 Å². The van der Waals surface area contributed by atoms with Gasteiger partial charge in [0.2, 0.25) is 5.91 Å². The fourth-order valence-corrected chi connectivity index (χ4v) is 9.41. The predicted octanol–water partition coefficient (Wildman–Crippen LogP) is 13.2. The fraction of sp³-hybridized carbons (Fsp3) is 0.544. The number of hydrogen-bond donors (Lipinski definition) is 2. The Morgan fingerprint density at radius 3 is 2.36 bits per heavy atom. The lowest BCUT2D eigenvalue weighted by Gasteiger charge is -2.29. The summed E-state index contributed by atoms with van der Waals surface area (Å²) in [5.74, 6) is -3.07. The molecule has 0 spiro atoms. The van der Waals surface area contributed by atoms with Crippen molar-refractivity contribution in [2.24, 2.45) is 17.3 Å². The number of Topliss-reactive ketones (excluding diaryl/α,β-unsaturated/α-hetero) is 1. The van der Waals surface area contributed by atoms with Crippen molar-refractivity contribution < 1.29 is 27.2 Å². The predicted molar refractivity (Wildman–Crippen MR) is 280 cm³/mol. The maximum Gasteiger partial charge on any atom is 0.312 e. The van der Waals surface area contributed by atoms with Crippen molar-refractivity contribution in [2.45, 2.75) is 175 Å². The summed E-state index contributed by atoms with van der Waals surface area (Å²) in [6, 6.07) is 8.84. The molecule has 7 rings (SSSR count). The molecule has 4 aromatic heterocycles. The van der Waals surface area contributed by atoms with E-state index in [0.29, 0.717) is 40.6 Å². The Kier molecular flexibility index (Phi) is 18.3. The van der Waals surface area contributed by atoms with Gasteiger partial charge in [0, 0.05) is 78.1 Å². The summed E-state index contributed by atoms with van der Waals surface area (Å²) in [4.78, 5) is 37.9. The average molecular weight is 996 g/mol. The van der Waals surface area contributed by atoms with E-state index in [1.807, 2.05) is 43.8 Å². The normalized spacial score (nSPS) is 19.4. The smallest absolute Gasteiger partial charge is 0.312 e. The Bertz CT molecular complexity index is 2650. The summed E-state index contributed by atoms with van der Waals surface area (Å²) in [7, 11) is 1.98. The molecular formula is C57H77F4N9O2. The topological polar surface area (TPSA) is 123 Å². The van der Waals surface area contributed by atoms with E-state index in [1.54, 1.807) is 39.0 Å². The minimum Gasteiger partial charge on any atom is -0.377 e. The first-order valence-electron chi connectivity index (χ1n) is 25.9. The van der Waals surface area contributed by atoms with Crippen molar-refractivity contribution >= 4 is 28.3 Å². The van der Waals surface area contributed by atoms with Crippen LogP contribution in [0, 0.1) is 24.2 Å². The Hall–Kier alpha value is -5.86. The van der Waals surface area contributed by atoms with Crippen LogP contribution in [0.2, 0.25) is 0 Å². The maximum absolute atomic E-state index is 14.3. The van der Waals surface area contributed by atoms with Crippen molar-refractivity contribution in [3.63, 3.8) is 0 Å². The quantitative estimate of drug-likeness (QED) is 0.0382. The third-order valence-corrected chi connectivity index (χ3v) is 14.0. The van der Waals surface area contributed by atoms with Gasteiger partial charge in [-0.15, -0.1) is 0 Å². The van der Waals surface area contributed by atoms with Gasteiger partial charge in [-0.1, -0.05) is 84.4 Å². The molecule has 3 saturated carbocycles. The number of aromatic nitrogens is 6. The molecule has 72 heavy (non-hydrogen) atoms. The minimum absolute atomic E-state index is 0.115. The van der Waals surface area contributed by atoms with Gasteiger partial charge in [-0.3, -0.25) is 23.9 Å². The van der Waals surface area contributed by atoms with Crippen molar-refractivity contribution in [3.05, 3.63) is 114 Å². The number of nitrogens with zero attached hydrogens (tertiary/aromatic N) is 7. The van der Waals surface area contributed by atoms with Gasteiger partial charge in [-0.2, -0.15) is 27.8 Å². The first kappa shape index (κ1) is 55.5. The highest BCUT2D eigenvalue weighted by atomic mass is 19.3. The summed E-state index contributed by atoms with van der Waals surface area (Å²) in [6.45, 7) is 17.7. The van der Waals surface area contributed by atoms with Crippen LogP contribution in [0.1, 0.15) is 161 Å². The van der Waals surface area contributed by atoms with E-state index in [-0.39, 0.29) is 35.9 Å². The number of nitrogens with one attached hydrogen (secondary N) is 2. The average Bonchev–Trinajstić information content (AvgIpc) is 4.28. The number of unbranched alkanes of at least 4 members (excludes halogenated alkanes) is 1. The largest absolute Gasteiger partial charge is 0.377 e. The van der Waals surface area contributed by atoms with Crippen molar-refractivity contribution in [1.82, 2.24) is 45.1 Å². The van der Waals surface area contributed by atoms with E-state index in [4.69, 9.17) is 4.98 Å². The van der Waals surface area contributed by atoms with Crippen LogP contribution in [0.5, 0.6) is 0 Å². The van der Waals surface area contributed by atoms with Gasteiger partial charge >= 0.3 is 6.55 Å². The molecule has 4 atom stereocenters. The molecule has 3 aliphatic rings. The second kappa shape index (κ2) is 23.8. The van der Waals surface area contributed by atoms with Gasteiger partial charge in [0.25, 0.3) is 5.92 Å². The van der Waals surface area contributed by atoms with Crippen molar-refractivity contribution in [2.75, 3.05) is 7.05 Å². The van der Waals surface area contributed by atoms with Gasteiger partial charge in [-0.25, -0.2) is 4.98 Å². The number of fused-ring (bicyclic) bond motifs is 1. The molecule has 0 aliphatic heterocycles. The monoisotopic (exact) mass is 996 g/mol. The molecule has 0 saturated heterocycles. The zero-order chi connectivity index (χ0) is 52.5. The van der Waals surface area contributed by atoms with E-state index in [9.17, 15) is 27.2 Å². The Labute approximate surface area is 424 Å². The molecule has 0 bridgehead atoms. The summed E-state index contributed by atoms with van der Waals surface area (Å²) in [5, 5.41) is 14.9. The van der Waals surface area contributed by atoms with E-state index in [0.717, 1.165) is 86.3 Å². The first-order chi connectivity index (χ1) is 34.1. The SMILES string of the molecule is C=C/C=C(\C=C/N(C)C1CC1)c1cc(C(C)(F)F)nn1CC(C)(C)NC(=O)C(C)CC(/C=C\CCC)=C/NC(F)F.CCCC1(C(=O)C(C)CC)CC1c1ccc(-c2cnc3nn(C4CC4)cc3c2)nc1C. The summed E-state index contributed by atoms with van der Waals surface area (Å²) in [6.07, 6.45) is 26.5. The summed E-state index contributed by atoms with van der Waals surface area (Å²) < 4.78 is 57.7. The Morgan fingerprint density at radius 1 is 1.01 bits per heavy atom. The molecule has 3 aliphatic carbocycles. The number of carbonyl (C=O) groups is 2. The van der Waals surface area contributed by atoms with Crippen LogP contribution >= 0.6 is 0 Å². The number of allylic oxidation sites excluding steroid dienone is 7. The first-order valence-corrected chi connectivity index (χ1v) is 25.9. The molecular weight excluding hydrogens is 919 g/mol. The van der Waals surface area contributed by atoms with Gasteiger partial charge in [0.05, 0.1) is 29.5 Å². The standard InChI is InChI=1S/C31H45F4N5O.C26H32N4O/c1-8-10-11-13-23(20-36-29(32)33)18-22(3)28(41)37-30(4,5)21-40-26(19-27(38-40)31(6,34)35)24(12-9-2)16-17-39(7)25-14-15-25;1-5-11-26(24(31)16(3)6-2)13-22(26)21-9-10-23(28-17(21)4)18-12-19-15-30(20-7-8-20)29-25(19)27-14-18/h9,11-13,16-17,19-20,22,25,29,36H,2,8,10,14-15,18,21H2,1,3-7H3,(H,37,41);9-10,12,14-16,20,22H,5-8,11,13H2,1-4H3/b13-11-,17-16-,23-20+,24-12+;. The molecule has 4 aromatic rings. The second-order valence-corrected chi connectivity index (χ2v) is 21.1. The molecule has 0 radical (unpaired) electrons. The van der Waals surface area contributed by atoms with E-state index in [2.05, 4.69) is 88.7 Å². The molecule has 11 nitrogen and oxygen atoms in total. The lowest BCUT2D eigenvalue weighted by atomic mass is 9.83. The number of alkyl halides is 4. The third kappa shape index (κ3) is 14.4. The molecule has 4 unspecified atom stereocenters. The van der Waals surface area contributed by atoms with Crippen molar-refractivity contribution in [3.8, 4) is 11.3 Å². The van der Waals surface area contributed by atoms with Gasteiger partial charge in [-0.05, 0) is 126 Å². The van der Waals surface area contributed by atoms with Crippen LogP contribution in [0.15, 0.2) is 91.6 Å². The van der Waals surface area contributed by atoms with Crippen LogP contribution in [0.3, 0.4) is 0 Å². The number of carbonyl (C=O) groups excluding carboxylic acids is 2. The van der Waals surface area contributed by atoms with Crippen LogP contribution in [0.25, 0.3) is 27.9 Å². The number of amides is 1. The molecule has 390 valence electrons. The zero-order valence-corrected chi connectivity index (χ0v) is 44.1. The van der Waals surface area contributed by atoms with Crippen LogP contribution in [-0.2, 0) is 22.1 Å². The third-order valence-electron chi connectivity index (χ3n) is 14.0. The Morgan fingerprint density at radius 2 is 1.75 bits per heavy atom. The lowest BCUT2D eigenvalue weighted by molar-refractivity contribution is -0.128. The van der Waals surface area contributed by atoms with E-state index >= 15 is 0 Å². The van der Waals surface area contributed by atoms with E-state index in [1.165, 1.54) is 35.4 Å². The molecule has 2 N–H and O–H groups in total. The summed E-state index contributed by atoms with van der Waals surface area (Å²) in [5.41, 5.74) is 5.32. The second-order valence-electron chi connectivity index (χ2n) is 21.1. The van der Waals surface area contributed by atoms with Crippen LogP contribution in [0.4, 0.5) is 17.6 Å². The highest BCUT2D eigenvalue weighted by Gasteiger charge is 2.60. The van der Waals surface area contributed by atoms with Gasteiger partial charge < -0.3 is 15.5 Å². The number of pyridine rings is 2. The summed E-state index contributed by atoms with van der Waals surface area (Å²) >= 11 is 0. The highest BCUT2D eigenvalue weighted by Crippen LogP contribution is 2.64. The van der Waals surface area contributed by atoms with Crippen LogP contribution in [-0.4, -0.2) is 71.3 Å². The molecule has 3 fully saturated rings. The number of aryl methyl sites for hydroxylation is 1. The number of ketones is 1. The Balaban J connectivity index is 0.000000243. The lowest BCUT2D eigenvalue weighted by Crippen LogP contribution is -2.48. The molecule has 0 aromatic carbocycles. The number of hydrogen-bond acceptors (Lipinski definition) is 8. The number of rotatable bonds is 25. The van der Waals surface area contributed by atoms with Crippen LogP contribution < -0.4 is 10.6 Å². The zero-order valence-electron chi connectivity index (χ0n) is 44.1. The highest BCUT2D eigenvalue weighted by molar-refractivity contribution is 5.91. The molecule has 4 heterocycles. The molecule has 1 amide bonds. The van der Waals surface area contributed by atoms with Gasteiger partial charge in [0.1, 0.15) is 11.5 Å². The van der Waals surface area contributed by atoms with Gasteiger partial charge in [0.15, 0.2) is 5.65 Å². The fourth-order valence-electron chi connectivity index (χ4n) is 9.41. The van der Waals surface area contributed by atoms with E-state index < -0.39 is 23.9 Å². The molecule has 15 heteroatoms. The minimum atomic E-state index is -3.16. The number of halogens is 4. The maximum atomic E-state index is 14.3.